The lowest BCUT2D eigenvalue weighted by Crippen LogP contribution is -2.40. The number of furan rings is 1. The molecule has 0 spiro atoms. The van der Waals surface area contributed by atoms with Gasteiger partial charge in [-0.25, -0.2) is 4.39 Å². The average molecular weight is 435 g/mol. The summed E-state index contributed by atoms with van der Waals surface area (Å²) in [5.74, 6) is -1.26. The Hall–Kier alpha value is -3.62. The summed E-state index contributed by atoms with van der Waals surface area (Å²) in [5, 5.41) is 0. The fourth-order valence-corrected chi connectivity index (χ4v) is 2.75. The smallest absolute Gasteiger partial charge is 0.406 e. The van der Waals surface area contributed by atoms with Gasteiger partial charge in [-0.1, -0.05) is 0 Å². The molecule has 0 bridgehead atoms. The van der Waals surface area contributed by atoms with Crippen molar-refractivity contribution >= 4 is 11.7 Å². The topological polar surface area (TPSA) is 59.8 Å². The fraction of sp³-hybridized carbons (Fsp3) is 0.182. The second-order valence-corrected chi connectivity index (χ2v) is 6.59. The van der Waals surface area contributed by atoms with Gasteiger partial charge >= 0.3 is 6.18 Å². The van der Waals surface area contributed by atoms with Gasteiger partial charge in [0.2, 0.25) is 0 Å². The van der Waals surface area contributed by atoms with Crippen LogP contribution in [0.2, 0.25) is 0 Å². The minimum atomic E-state index is -4.58. The van der Waals surface area contributed by atoms with Gasteiger partial charge < -0.3 is 14.1 Å². The molecule has 31 heavy (non-hydrogen) atoms. The van der Waals surface area contributed by atoms with Crippen LogP contribution in [-0.2, 0) is 11.3 Å². The third kappa shape index (κ3) is 6.43. The number of ether oxygens (including phenoxy) is 1. The molecular weight excluding hydrogens is 418 g/mol. The number of rotatable bonds is 8. The van der Waals surface area contributed by atoms with Crippen molar-refractivity contribution in [1.29, 1.82) is 0 Å². The summed E-state index contributed by atoms with van der Waals surface area (Å²) in [7, 11) is 0. The van der Waals surface area contributed by atoms with E-state index >= 15 is 0 Å². The maximum atomic E-state index is 13.0. The summed E-state index contributed by atoms with van der Waals surface area (Å²) in [6, 6.07) is 13.8. The molecule has 1 aromatic heterocycles. The molecule has 162 valence electrons. The van der Waals surface area contributed by atoms with Crippen LogP contribution in [0.25, 0.3) is 0 Å². The molecule has 3 aromatic rings. The molecule has 0 aliphatic rings. The van der Waals surface area contributed by atoms with Crippen LogP contribution >= 0.6 is 0 Å². The number of halogens is 4. The SMILES string of the molecule is O=C(c1ccc(F)cc1)c1ccc(OCC(=O)N(Cc2ccco2)CC(F)(F)F)cc1. The molecule has 9 heteroatoms. The summed E-state index contributed by atoms with van der Waals surface area (Å²) in [4.78, 5) is 25.2. The summed E-state index contributed by atoms with van der Waals surface area (Å²) in [6.45, 7) is -2.41. The zero-order chi connectivity index (χ0) is 22.4. The molecule has 0 aliphatic carbocycles. The molecule has 1 heterocycles. The van der Waals surface area contributed by atoms with E-state index in [0.717, 1.165) is 0 Å². The molecule has 0 aliphatic heterocycles. The van der Waals surface area contributed by atoms with Crippen molar-refractivity contribution in [2.24, 2.45) is 0 Å². The van der Waals surface area contributed by atoms with Crippen molar-refractivity contribution < 1.29 is 36.3 Å². The minimum Gasteiger partial charge on any atom is -0.484 e. The van der Waals surface area contributed by atoms with Crippen LogP contribution in [0.4, 0.5) is 17.6 Å². The number of hydrogen-bond donors (Lipinski definition) is 0. The molecule has 2 aromatic carbocycles. The molecule has 0 N–H and O–H groups in total. The molecule has 0 radical (unpaired) electrons. The molecule has 1 amide bonds. The van der Waals surface area contributed by atoms with E-state index in [1.165, 1.54) is 66.9 Å². The average Bonchev–Trinajstić information content (AvgIpc) is 3.24. The Morgan fingerprint density at radius 2 is 1.55 bits per heavy atom. The van der Waals surface area contributed by atoms with E-state index in [4.69, 9.17) is 9.15 Å². The second-order valence-electron chi connectivity index (χ2n) is 6.59. The number of hydrogen-bond acceptors (Lipinski definition) is 4. The quantitative estimate of drug-likeness (QED) is 0.383. The van der Waals surface area contributed by atoms with Crippen LogP contribution in [0, 0.1) is 5.82 Å². The van der Waals surface area contributed by atoms with Crippen molar-refractivity contribution in [2.45, 2.75) is 12.7 Å². The second kappa shape index (κ2) is 9.46. The lowest BCUT2D eigenvalue weighted by Gasteiger charge is -2.23. The Bertz CT molecular complexity index is 1010. The van der Waals surface area contributed by atoms with Crippen molar-refractivity contribution in [3.05, 3.63) is 89.6 Å². The van der Waals surface area contributed by atoms with Gasteiger partial charge in [-0.15, -0.1) is 0 Å². The van der Waals surface area contributed by atoms with Crippen LogP contribution in [0.3, 0.4) is 0 Å². The van der Waals surface area contributed by atoms with E-state index in [2.05, 4.69) is 0 Å². The Kier molecular flexibility index (Phi) is 6.74. The van der Waals surface area contributed by atoms with E-state index in [-0.39, 0.29) is 23.8 Å². The molecule has 0 atom stereocenters. The van der Waals surface area contributed by atoms with Crippen LogP contribution in [0.5, 0.6) is 5.75 Å². The van der Waals surface area contributed by atoms with Crippen molar-refractivity contribution in [3.8, 4) is 5.75 Å². The maximum absolute atomic E-state index is 13.0. The number of amides is 1. The van der Waals surface area contributed by atoms with E-state index < -0.39 is 31.1 Å². The van der Waals surface area contributed by atoms with Crippen molar-refractivity contribution in [2.75, 3.05) is 13.2 Å². The van der Waals surface area contributed by atoms with E-state index in [0.29, 0.717) is 16.0 Å². The summed E-state index contributed by atoms with van der Waals surface area (Å²) < 4.78 is 61.8. The van der Waals surface area contributed by atoms with Gasteiger partial charge in [0.1, 0.15) is 23.9 Å². The van der Waals surface area contributed by atoms with E-state index in [1.54, 1.807) is 0 Å². The standard InChI is InChI=1S/C22H17F4NO4/c23-17-7-3-15(4-8-17)21(29)16-5-9-18(10-6-16)31-13-20(28)27(14-22(24,25)26)12-19-2-1-11-30-19/h1-11H,12-14H2. The Morgan fingerprint density at radius 1 is 0.935 bits per heavy atom. The van der Waals surface area contributed by atoms with Crippen LogP contribution in [0.1, 0.15) is 21.7 Å². The zero-order valence-electron chi connectivity index (χ0n) is 16.1. The van der Waals surface area contributed by atoms with Crippen LogP contribution in [0.15, 0.2) is 71.3 Å². The first-order valence-electron chi connectivity index (χ1n) is 9.11. The van der Waals surface area contributed by atoms with Gasteiger partial charge in [0, 0.05) is 11.1 Å². The summed E-state index contributed by atoms with van der Waals surface area (Å²) in [6.07, 6.45) is -3.28. The Balaban J connectivity index is 1.61. The molecule has 0 unspecified atom stereocenters. The molecule has 0 saturated heterocycles. The predicted octanol–water partition coefficient (Wildman–Crippen LogP) is 4.62. The van der Waals surface area contributed by atoms with Crippen LogP contribution < -0.4 is 4.74 Å². The van der Waals surface area contributed by atoms with Gasteiger partial charge in [0.05, 0.1) is 12.8 Å². The molecule has 0 saturated carbocycles. The number of nitrogens with zero attached hydrogens (tertiary/aromatic N) is 1. The fourth-order valence-electron chi connectivity index (χ4n) is 2.75. The number of benzene rings is 2. The van der Waals surface area contributed by atoms with Gasteiger partial charge in [-0.3, -0.25) is 9.59 Å². The molecule has 0 fully saturated rings. The van der Waals surface area contributed by atoms with Crippen molar-refractivity contribution in [1.82, 2.24) is 4.90 Å². The van der Waals surface area contributed by atoms with E-state index in [1.807, 2.05) is 0 Å². The Labute approximate surface area is 174 Å². The Morgan fingerprint density at radius 3 is 2.10 bits per heavy atom. The van der Waals surface area contributed by atoms with E-state index in [9.17, 15) is 27.2 Å². The number of carbonyl (C=O) groups excluding carboxylic acids is 2. The van der Waals surface area contributed by atoms with Crippen LogP contribution in [-0.4, -0.2) is 35.9 Å². The third-order valence-electron chi connectivity index (χ3n) is 4.23. The first-order chi connectivity index (χ1) is 14.7. The minimum absolute atomic E-state index is 0.203. The van der Waals surface area contributed by atoms with Gasteiger partial charge in [-0.2, -0.15) is 13.2 Å². The van der Waals surface area contributed by atoms with Gasteiger partial charge in [0.15, 0.2) is 12.4 Å². The first-order valence-corrected chi connectivity index (χ1v) is 9.11. The third-order valence-corrected chi connectivity index (χ3v) is 4.23. The highest BCUT2D eigenvalue weighted by Crippen LogP contribution is 2.20. The molecular formula is C22H17F4NO4. The van der Waals surface area contributed by atoms with Gasteiger partial charge in [0.25, 0.3) is 5.91 Å². The molecule has 5 nitrogen and oxygen atoms in total. The summed E-state index contributed by atoms with van der Waals surface area (Å²) >= 11 is 0. The number of carbonyl (C=O) groups is 2. The highest BCUT2D eigenvalue weighted by molar-refractivity contribution is 6.09. The lowest BCUT2D eigenvalue weighted by atomic mass is 10.0. The van der Waals surface area contributed by atoms with Gasteiger partial charge in [-0.05, 0) is 60.7 Å². The zero-order valence-corrected chi connectivity index (χ0v) is 16.1. The predicted molar refractivity (Wildman–Crippen MR) is 102 cm³/mol. The maximum Gasteiger partial charge on any atom is 0.406 e. The molecule has 3 rings (SSSR count). The highest BCUT2D eigenvalue weighted by atomic mass is 19.4. The number of ketones is 1. The monoisotopic (exact) mass is 435 g/mol. The number of alkyl halides is 3. The highest BCUT2D eigenvalue weighted by Gasteiger charge is 2.33. The first kappa shape index (κ1) is 22.1. The normalized spacial score (nSPS) is 11.2. The lowest BCUT2D eigenvalue weighted by molar-refractivity contribution is -0.164. The van der Waals surface area contributed by atoms with Crippen molar-refractivity contribution in [3.63, 3.8) is 0 Å². The largest absolute Gasteiger partial charge is 0.484 e. The summed E-state index contributed by atoms with van der Waals surface area (Å²) in [5.41, 5.74) is 0.604.